The molecule has 6 heteroatoms. The van der Waals surface area contributed by atoms with Gasteiger partial charge in [0.05, 0.1) is 5.92 Å². The lowest BCUT2D eigenvalue weighted by Gasteiger charge is -2.42. The Balaban J connectivity index is 1.71. The summed E-state index contributed by atoms with van der Waals surface area (Å²) in [6, 6.07) is -0.0919. The lowest BCUT2D eigenvalue weighted by atomic mass is 9.87. The zero-order chi connectivity index (χ0) is 13.1. The predicted octanol–water partition coefficient (Wildman–Crippen LogP) is 0.749. The van der Waals surface area contributed by atoms with E-state index < -0.39 is 5.97 Å². The number of hydrogen-bond acceptors (Lipinski definition) is 3. The van der Waals surface area contributed by atoms with Gasteiger partial charge in [-0.25, -0.2) is 9.80 Å². The molecule has 1 atom stereocenters. The first-order chi connectivity index (χ1) is 8.58. The number of piperidine rings is 1. The van der Waals surface area contributed by atoms with Crippen LogP contribution in [0.15, 0.2) is 0 Å². The number of nitrogens with one attached hydrogen (secondary N) is 1. The smallest absolute Gasteiger partial charge is 0.331 e. The summed E-state index contributed by atoms with van der Waals surface area (Å²) in [5, 5.41) is 10.8. The molecule has 0 bridgehead atoms. The van der Waals surface area contributed by atoms with Crippen LogP contribution in [0.3, 0.4) is 0 Å². The van der Waals surface area contributed by atoms with Crippen molar-refractivity contribution in [2.24, 2.45) is 11.8 Å². The van der Waals surface area contributed by atoms with Gasteiger partial charge in [-0.3, -0.25) is 10.2 Å². The van der Waals surface area contributed by atoms with E-state index in [0.717, 1.165) is 25.9 Å². The van der Waals surface area contributed by atoms with Gasteiger partial charge in [0.2, 0.25) is 0 Å². The Bertz CT molecular complexity index is 323. The third-order valence-electron chi connectivity index (χ3n) is 3.90. The van der Waals surface area contributed by atoms with E-state index in [9.17, 15) is 9.59 Å². The molecule has 18 heavy (non-hydrogen) atoms. The fraction of sp³-hybridized carbons (Fsp3) is 0.833. The van der Waals surface area contributed by atoms with Crippen LogP contribution in [0, 0.1) is 11.8 Å². The molecule has 0 aliphatic carbocycles. The van der Waals surface area contributed by atoms with Crippen LogP contribution in [0.4, 0.5) is 4.79 Å². The van der Waals surface area contributed by atoms with E-state index in [4.69, 9.17) is 5.11 Å². The van der Waals surface area contributed by atoms with Gasteiger partial charge in [0.1, 0.15) is 0 Å². The number of hydrogen-bond donors (Lipinski definition) is 2. The maximum atomic E-state index is 11.9. The number of rotatable bonds is 3. The zero-order valence-electron chi connectivity index (χ0n) is 10.8. The molecule has 2 heterocycles. The summed E-state index contributed by atoms with van der Waals surface area (Å²) in [4.78, 5) is 24.3. The molecule has 2 saturated heterocycles. The average molecular weight is 255 g/mol. The van der Waals surface area contributed by atoms with E-state index in [0.29, 0.717) is 13.1 Å². The van der Waals surface area contributed by atoms with Gasteiger partial charge in [0.25, 0.3) is 0 Å². The first-order valence-corrected chi connectivity index (χ1v) is 6.61. The van der Waals surface area contributed by atoms with Crippen LogP contribution in [0.2, 0.25) is 0 Å². The molecule has 0 aromatic rings. The maximum absolute atomic E-state index is 11.9. The Morgan fingerprint density at radius 1 is 1.22 bits per heavy atom. The van der Waals surface area contributed by atoms with Gasteiger partial charge >= 0.3 is 12.0 Å². The average Bonchev–Trinajstić information content (AvgIpc) is 2.28. The van der Waals surface area contributed by atoms with Crippen molar-refractivity contribution in [2.45, 2.75) is 26.2 Å². The fourth-order valence-electron chi connectivity index (χ4n) is 2.41. The summed E-state index contributed by atoms with van der Waals surface area (Å²) in [5.41, 5.74) is 2.88. The van der Waals surface area contributed by atoms with Crippen LogP contribution in [-0.4, -0.2) is 53.2 Å². The Morgan fingerprint density at radius 2 is 1.83 bits per heavy atom. The van der Waals surface area contributed by atoms with Crippen molar-refractivity contribution in [3.8, 4) is 0 Å². The first-order valence-electron chi connectivity index (χ1n) is 6.61. The predicted molar refractivity (Wildman–Crippen MR) is 65.8 cm³/mol. The van der Waals surface area contributed by atoms with Crippen molar-refractivity contribution < 1.29 is 14.7 Å². The van der Waals surface area contributed by atoms with Gasteiger partial charge in [0, 0.05) is 32.1 Å². The summed E-state index contributed by atoms with van der Waals surface area (Å²) < 4.78 is 0. The molecule has 0 radical (unpaired) electrons. The molecule has 0 saturated carbocycles. The fourth-order valence-corrected chi connectivity index (χ4v) is 2.41. The number of carbonyl (C=O) groups excluding carboxylic acids is 1. The Labute approximate surface area is 107 Å². The summed E-state index contributed by atoms with van der Waals surface area (Å²) in [6.07, 6.45) is 3.48. The number of nitrogens with zero attached hydrogens (tertiary/aromatic N) is 2. The highest BCUT2D eigenvalue weighted by Crippen LogP contribution is 2.24. The van der Waals surface area contributed by atoms with Crippen LogP contribution in [0.5, 0.6) is 0 Å². The Hall–Kier alpha value is -1.30. The lowest BCUT2D eigenvalue weighted by molar-refractivity contribution is -0.144. The molecule has 2 amide bonds. The van der Waals surface area contributed by atoms with Crippen molar-refractivity contribution in [1.29, 1.82) is 0 Å². The number of amides is 2. The highest BCUT2D eigenvalue weighted by atomic mass is 16.4. The van der Waals surface area contributed by atoms with Crippen LogP contribution >= 0.6 is 0 Å². The minimum atomic E-state index is -0.781. The van der Waals surface area contributed by atoms with Crippen LogP contribution in [0.1, 0.15) is 26.2 Å². The molecule has 102 valence electrons. The second-order valence-corrected chi connectivity index (χ2v) is 5.26. The molecule has 2 aliphatic rings. The summed E-state index contributed by atoms with van der Waals surface area (Å²) in [7, 11) is 0. The second-order valence-electron chi connectivity index (χ2n) is 5.26. The molecule has 6 nitrogen and oxygen atoms in total. The van der Waals surface area contributed by atoms with E-state index in [1.54, 1.807) is 11.8 Å². The molecule has 0 spiro atoms. The van der Waals surface area contributed by atoms with E-state index >= 15 is 0 Å². The van der Waals surface area contributed by atoms with Crippen molar-refractivity contribution >= 4 is 12.0 Å². The minimum Gasteiger partial charge on any atom is -0.481 e. The van der Waals surface area contributed by atoms with Gasteiger partial charge in [-0.05, 0) is 12.8 Å². The second kappa shape index (κ2) is 5.56. The normalized spacial score (nSPS) is 23.3. The molecule has 1 unspecified atom stereocenters. The van der Waals surface area contributed by atoms with Crippen molar-refractivity contribution in [2.75, 3.05) is 26.2 Å². The van der Waals surface area contributed by atoms with E-state index in [1.807, 2.05) is 5.01 Å². The highest BCUT2D eigenvalue weighted by molar-refractivity contribution is 5.75. The SMILES string of the molecule is CC(C(=O)O)C1CN(C(=O)NN2CCCCC2)C1. The van der Waals surface area contributed by atoms with E-state index in [-0.39, 0.29) is 17.9 Å². The number of carbonyl (C=O) groups is 2. The molecule has 2 fully saturated rings. The van der Waals surface area contributed by atoms with Gasteiger partial charge in [-0.2, -0.15) is 0 Å². The number of carboxylic acid groups (broad SMARTS) is 1. The van der Waals surface area contributed by atoms with Gasteiger partial charge in [0.15, 0.2) is 0 Å². The molecule has 2 rings (SSSR count). The summed E-state index contributed by atoms with van der Waals surface area (Å²) in [5.74, 6) is -1.06. The van der Waals surface area contributed by atoms with Crippen LogP contribution in [-0.2, 0) is 4.79 Å². The van der Waals surface area contributed by atoms with E-state index in [2.05, 4.69) is 5.43 Å². The number of hydrazine groups is 1. The standard InChI is InChI=1S/C12H21N3O3/c1-9(11(16)17)10-7-14(8-10)12(18)13-15-5-3-2-4-6-15/h9-10H,2-8H2,1H3,(H,13,18)(H,16,17). The molecule has 0 aromatic carbocycles. The highest BCUT2D eigenvalue weighted by Gasteiger charge is 2.37. The topological polar surface area (TPSA) is 72.9 Å². The summed E-state index contributed by atoms with van der Waals surface area (Å²) in [6.45, 7) is 4.62. The largest absolute Gasteiger partial charge is 0.481 e. The van der Waals surface area contributed by atoms with Gasteiger partial charge in [-0.1, -0.05) is 13.3 Å². The zero-order valence-corrected chi connectivity index (χ0v) is 10.8. The summed E-state index contributed by atoms with van der Waals surface area (Å²) >= 11 is 0. The quantitative estimate of drug-likeness (QED) is 0.780. The number of likely N-dealkylation sites (tertiary alicyclic amines) is 1. The van der Waals surface area contributed by atoms with Crippen molar-refractivity contribution in [1.82, 2.24) is 15.3 Å². The van der Waals surface area contributed by atoms with Crippen molar-refractivity contribution in [3.05, 3.63) is 0 Å². The van der Waals surface area contributed by atoms with E-state index in [1.165, 1.54) is 6.42 Å². The molecule has 2 aliphatic heterocycles. The Morgan fingerprint density at radius 3 is 2.39 bits per heavy atom. The number of aliphatic carboxylic acids is 1. The number of urea groups is 1. The third kappa shape index (κ3) is 2.93. The van der Waals surface area contributed by atoms with Crippen molar-refractivity contribution in [3.63, 3.8) is 0 Å². The molecule has 2 N–H and O–H groups in total. The molecule has 0 aromatic heterocycles. The Kier molecular flexibility index (Phi) is 4.06. The van der Waals surface area contributed by atoms with Gasteiger partial charge in [-0.15, -0.1) is 0 Å². The maximum Gasteiger partial charge on any atom is 0.331 e. The monoisotopic (exact) mass is 255 g/mol. The van der Waals surface area contributed by atoms with Crippen LogP contribution < -0.4 is 5.43 Å². The van der Waals surface area contributed by atoms with Gasteiger partial charge < -0.3 is 10.0 Å². The first kappa shape index (κ1) is 13.1. The molecular weight excluding hydrogens is 234 g/mol. The van der Waals surface area contributed by atoms with Crippen LogP contribution in [0.25, 0.3) is 0 Å². The third-order valence-corrected chi connectivity index (χ3v) is 3.90. The lowest BCUT2D eigenvalue weighted by Crippen LogP contribution is -2.59. The number of carboxylic acids is 1. The molecular formula is C12H21N3O3. The minimum absolute atomic E-state index is 0.0919.